The van der Waals surface area contributed by atoms with E-state index in [-0.39, 0.29) is 58.9 Å². The molecular weight excluding hydrogens is 620 g/mol. The van der Waals surface area contributed by atoms with Crippen molar-refractivity contribution in [2.75, 3.05) is 13.7 Å². The van der Waals surface area contributed by atoms with Gasteiger partial charge < -0.3 is 39.7 Å². The Morgan fingerprint density at radius 2 is 1.63 bits per heavy atom. The molecule has 1 heterocycles. The summed E-state index contributed by atoms with van der Waals surface area (Å²) in [5, 5.41) is 56.8. The molecule has 0 amide bonds. The van der Waals surface area contributed by atoms with Crippen LogP contribution in [0.1, 0.15) is 92.4 Å². The summed E-state index contributed by atoms with van der Waals surface area (Å²) in [6.45, 7) is 10.1. The van der Waals surface area contributed by atoms with Gasteiger partial charge in [-0.05, 0) is 91.8 Å². The fourth-order valence-electron chi connectivity index (χ4n) is 11.2. The lowest BCUT2D eigenvalue weighted by atomic mass is 9.42. The zero-order chi connectivity index (χ0) is 34.0. The Hall–Kier alpha value is -0.450. The monoisotopic (exact) mass is 678 g/mol. The minimum atomic E-state index is -4.70. The van der Waals surface area contributed by atoms with Gasteiger partial charge in [-0.25, -0.2) is 4.18 Å². The molecule has 0 aromatic rings. The number of hydrogen-bond donors (Lipinski definition) is 6. The first-order valence-electron chi connectivity index (χ1n) is 17.3. The number of aliphatic hydroxyl groups is 5. The molecule has 0 radical (unpaired) electrons. The third-order valence-corrected chi connectivity index (χ3v) is 13.8. The zero-order valence-corrected chi connectivity index (χ0v) is 29.0. The van der Waals surface area contributed by atoms with Gasteiger partial charge in [0.2, 0.25) is 0 Å². The standard InChI is InChI=1S/C33H58O12S/c1-17(2)24(44-30-27(37)28(42-6)25(45-30)16-43-46(39,40)41)8-7-18(3)20-14-22(35)29-32(20,5)12-10-26-31(4)11-9-19(34)13-21(31)23(36)15-33(26,29)38/h17-30,34-38H,7-16H2,1-6H3,(H,39,40,41)/t18-,19+,20?,21-,22?,23+,24+,25?,26?,27?,28?,29?,30?,31+,32-,33+/m1/s1. The van der Waals surface area contributed by atoms with Crippen molar-refractivity contribution >= 4 is 10.4 Å². The van der Waals surface area contributed by atoms with Gasteiger partial charge in [-0.3, -0.25) is 4.55 Å². The smallest absolute Gasteiger partial charge is 0.393 e. The van der Waals surface area contributed by atoms with E-state index in [0.717, 1.165) is 25.7 Å². The number of ether oxygens (including phenoxy) is 3. The minimum Gasteiger partial charge on any atom is -0.393 e. The first-order valence-corrected chi connectivity index (χ1v) is 18.6. The molecule has 8 unspecified atom stereocenters. The number of methoxy groups -OCH3 is 1. The predicted molar refractivity (Wildman–Crippen MR) is 167 cm³/mol. The van der Waals surface area contributed by atoms with E-state index in [9.17, 15) is 34.0 Å². The molecule has 4 aliphatic carbocycles. The van der Waals surface area contributed by atoms with Crippen molar-refractivity contribution in [3.63, 3.8) is 0 Å². The summed E-state index contributed by atoms with van der Waals surface area (Å²) >= 11 is 0. The average Bonchev–Trinajstić information content (AvgIpc) is 3.41. The highest BCUT2D eigenvalue weighted by molar-refractivity contribution is 7.80. The number of fused-ring (bicyclic) bond motifs is 5. The van der Waals surface area contributed by atoms with Gasteiger partial charge in [0.25, 0.3) is 0 Å². The lowest BCUT2D eigenvalue weighted by Gasteiger charge is -2.66. The fourth-order valence-corrected chi connectivity index (χ4v) is 11.5. The molecule has 5 aliphatic rings. The van der Waals surface area contributed by atoms with E-state index in [1.807, 2.05) is 13.8 Å². The second kappa shape index (κ2) is 13.4. The molecule has 6 N–H and O–H groups in total. The summed E-state index contributed by atoms with van der Waals surface area (Å²) in [6, 6.07) is 0. The maximum Gasteiger partial charge on any atom is 0.397 e. The van der Waals surface area contributed by atoms with Gasteiger partial charge in [-0.1, -0.05) is 34.6 Å². The van der Waals surface area contributed by atoms with Gasteiger partial charge in [0, 0.05) is 19.4 Å². The second-order valence-corrected chi connectivity index (χ2v) is 17.3. The fraction of sp³-hybridized carbons (Fsp3) is 1.00. The van der Waals surface area contributed by atoms with Crippen LogP contribution in [-0.2, 0) is 28.8 Å². The second-order valence-electron chi connectivity index (χ2n) is 16.2. The Morgan fingerprint density at radius 3 is 2.26 bits per heavy atom. The van der Waals surface area contributed by atoms with Gasteiger partial charge in [0.05, 0.1) is 36.6 Å². The molecule has 13 heteroatoms. The molecule has 46 heavy (non-hydrogen) atoms. The topological polar surface area (TPSA) is 192 Å². The van der Waals surface area contributed by atoms with Crippen molar-refractivity contribution in [1.82, 2.24) is 0 Å². The maximum absolute atomic E-state index is 12.6. The van der Waals surface area contributed by atoms with Crippen molar-refractivity contribution < 1.29 is 56.9 Å². The van der Waals surface area contributed by atoms with E-state index in [4.69, 9.17) is 18.8 Å². The van der Waals surface area contributed by atoms with E-state index in [1.165, 1.54) is 7.11 Å². The minimum absolute atomic E-state index is 0.0399. The molecular formula is C33H58O12S. The van der Waals surface area contributed by atoms with Gasteiger partial charge in [-0.2, -0.15) is 8.42 Å². The number of aliphatic hydroxyl groups excluding tert-OH is 4. The molecule has 5 fully saturated rings. The molecule has 5 rings (SSSR count). The molecule has 16 atom stereocenters. The lowest BCUT2D eigenvalue weighted by molar-refractivity contribution is -0.263. The van der Waals surface area contributed by atoms with Gasteiger partial charge in [0.1, 0.15) is 18.3 Å². The Labute approximate surface area is 274 Å². The summed E-state index contributed by atoms with van der Waals surface area (Å²) in [5.74, 6) is -0.0431. The Bertz CT molecular complexity index is 1170. The largest absolute Gasteiger partial charge is 0.397 e. The molecule has 4 saturated carbocycles. The highest BCUT2D eigenvalue weighted by Gasteiger charge is 2.70. The number of rotatable bonds is 11. The summed E-state index contributed by atoms with van der Waals surface area (Å²) in [5.41, 5.74) is -1.78. The molecule has 0 bridgehead atoms. The molecule has 0 aromatic carbocycles. The van der Waals surface area contributed by atoms with Gasteiger partial charge in [0.15, 0.2) is 6.29 Å². The number of hydrogen-bond acceptors (Lipinski definition) is 11. The van der Waals surface area contributed by atoms with Crippen LogP contribution in [0.3, 0.4) is 0 Å². The Balaban J connectivity index is 1.26. The van der Waals surface area contributed by atoms with Crippen molar-refractivity contribution in [2.45, 2.75) is 147 Å². The molecule has 12 nitrogen and oxygen atoms in total. The van der Waals surface area contributed by atoms with E-state index in [2.05, 4.69) is 25.0 Å². The summed E-state index contributed by atoms with van der Waals surface area (Å²) in [6.07, 6.45) is -0.342. The molecule has 1 saturated heterocycles. The highest BCUT2D eigenvalue weighted by Crippen LogP contribution is 2.69. The first-order chi connectivity index (χ1) is 21.4. The SMILES string of the molecule is COC1C(COS(=O)(=O)O)OC(O[C@@H](CC[C@@H](C)C2CC(O)C3[C@]2(C)CCC2[C@@]3(O)C[C@H](O)[C@H]3C[C@@H](O)CC[C@]23C)C(C)C)C1O. The first kappa shape index (κ1) is 36.8. The third kappa shape index (κ3) is 6.57. The van der Waals surface area contributed by atoms with Crippen LogP contribution in [0, 0.1) is 46.3 Å². The third-order valence-electron chi connectivity index (χ3n) is 13.3. The van der Waals surface area contributed by atoms with E-state index < -0.39 is 65.5 Å². The summed E-state index contributed by atoms with van der Waals surface area (Å²) in [7, 11) is -3.33. The van der Waals surface area contributed by atoms with Crippen LogP contribution in [0.4, 0.5) is 0 Å². The van der Waals surface area contributed by atoms with Crippen molar-refractivity contribution in [1.29, 1.82) is 0 Å². The van der Waals surface area contributed by atoms with Crippen molar-refractivity contribution in [3.8, 4) is 0 Å². The van der Waals surface area contributed by atoms with Crippen LogP contribution in [0.5, 0.6) is 0 Å². The highest BCUT2D eigenvalue weighted by atomic mass is 32.3. The van der Waals surface area contributed by atoms with Crippen LogP contribution >= 0.6 is 0 Å². The van der Waals surface area contributed by atoms with Gasteiger partial charge >= 0.3 is 10.4 Å². The zero-order valence-electron chi connectivity index (χ0n) is 28.2. The van der Waals surface area contributed by atoms with E-state index >= 15 is 0 Å². The van der Waals surface area contributed by atoms with Crippen LogP contribution in [0.2, 0.25) is 0 Å². The molecule has 268 valence electrons. The normalized spacial score (nSPS) is 48.9. The van der Waals surface area contributed by atoms with Crippen LogP contribution < -0.4 is 0 Å². The Morgan fingerprint density at radius 1 is 0.957 bits per heavy atom. The van der Waals surface area contributed by atoms with Crippen molar-refractivity contribution in [3.05, 3.63) is 0 Å². The molecule has 0 aromatic heterocycles. The maximum atomic E-state index is 12.6. The van der Waals surface area contributed by atoms with Gasteiger partial charge in [-0.15, -0.1) is 0 Å². The van der Waals surface area contributed by atoms with E-state index in [0.29, 0.717) is 25.7 Å². The van der Waals surface area contributed by atoms with Crippen molar-refractivity contribution in [2.24, 2.45) is 46.3 Å². The summed E-state index contributed by atoms with van der Waals surface area (Å²) < 4.78 is 53.0. The van der Waals surface area contributed by atoms with Crippen LogP contribution in [0.25, 0.3) is 0 Å². The van der Waals surface area contributed by atoms with Crippen LogP contribution in [0.15, 0.2) is 0 Å². The lowest BCUT2D eigenvalue weighted by Crippen LogP contribution is -2.68. The van der Waals surface area contributed by atoms with E-state index in [1.54, 1.807) is 0 Å². The average molecular weight is 679 g/mol. The summed E-state index contributed by atoms with van der Waals surface area (Å²) in [4.78, 5) is 0. The quantitative estimate of drug-likeness (QED) is 0.175. The molecule has 1 aliphatic heterocycles. The predicted octanol–water partition coefficient (Wildman–Crippen LogP) is 2.44. The molecule has 0 spiro atoms. The Kier molecular flexibility index (Phi) is 10.7. The van der Waals surface area contributed by atoms with Crippen LogP contribution in [-0.4, -0.2) is 107 Å².